The van der Waals surface area contributed by atoms with Crippen molar-refractivity contribution in [3.05, 3.63) is 111 Å². The van der Waals surface area contributed by atoms with Crippen molar-refractivity contribution in [3.8, 4) is 0 Å². The third kappa shape index (κ3) is 5.30. The van der Waals surface area contributed by atoms with Gasteiger partial charge in [0.05, 0.1) is 15.6 Å². The lowest BCUT2D eigenvalue weighted by molar-refractivity contribution is -0.384. The van der Waals surface area contributed by atoms with E-state index in [4.69, 9.17) is 11.6 Å². The first-order chi connectivity index (χ1) is 14.4. The van der Waals surface area contributed by atoms with Gasteiger partial charge < -0.3 is 10.6 Å². The number of hydrogen-bond donors (Lipinski definition) is 2. The summed E-state index contributed by atoms with van der Waals surface area (Å²) in [6.45, 7) is 0. The van der Waals surface area contributed by atoms with Crippen LogP contribution in [0.2, 0.25) is 5.02 Å². The first-order valence-corrected chi connectivity index (χ1v) is 9.20. The van der Waals surface area contributed by atoms with E-state index in [0.717, 1.165) is 0 Å². The van der Waals surface area contributed by atoms with E-state index < -0.39 is 16.7 Å². The molecular weight excluding hydrogens is 406 g/mol. The molecule has 0 fully saturated rings. The van der Waals surface area contributed by atoms with Crippen molar-refractivity contribution in [3.63, 3.8) is 0 Å². The zero-order valence-corrected chi connectivity index (χ0v) is 16.3. The third-order valence-electron chi connectivity index (χ3n) is 4.07. The Kier molecular flexibility index (Phi) is 6.56. The van der Waals surface area contributed by atoms with Crippen LogP contribution in [0.5, 0.6) is 0 Å². The highest BCUT2D eigenvalue weighted by atomic mass is 35.5. The van der Waals surface area contributed by atoms with Crippen LogP contribution < -0.4 is 10.6 Å². The van der Waals surface area contributed by atoms with Crippen molar-refractivity contribution in [2.75, 3.05) is 5.32 Å². The average Bonchev–Trinajstić information content (AvgIpc) is 2.75. The Labute approximate surface area is 177 Å². The van der Waals surface area contributed by atoms with Gasteiger partial charge >= 0.3 is 0 Å². The third-order valence-corrected chi connectivity index (χ3v) is 4.40. The van der Waals surface area contributed by atoms with Gasteiger partial charge in [0.2, 0.25) is 0 Å². The van der Waals surface area contributed by atoms with Gasteiger partial charge in [0.25, 0.3) is 17.5 Å². The number of nitrogens with one attached hydrogen (secondary N) is 2. The molecule has 3 aromatic carbocycles. The molecule has 0 heterocycles. The van der Waals surface area contributed by atoms with Gasteiger partial charge in [0.1, 0.15) is 5.70 Å². The van der Waals surface area contributed by atoms with E-state index in [2.05, 4.69) is 10.6 Å². The fourth-order valence-corrected chi connectivity index (χ4v) is 2.74. The maximum atomic E-state index is 12.9. The van der Waals surface area contributed by atoms with E-state index in [1.807, 2.05) is 0 Å². The van der Waals surface area contributed by atoms with Gasteiger partial charge in [-0.05, 0) is 48.0 Å². The standard InChI is InChI=1S/C22H16ClN3O4/c23-18-8-4-5-9-19(18)24-22(28)20(25-21(27)16-6-2-1-3-7-16)14-15-10-12-17(13-11-15)26(29)30/h1-14H,(H,24,28)(H,25,27)/b20-14+. The second kappa shape index (κ2) is 9.49. The Morgan fingerprint density at radius 2 is 1.53 bits per heavy atom. The SMILES string of the molecule is O=C(Nc1ccccc1Cl)/C(=C\c1ccc([N+](=O)[O-])cc1)NC(=O)c1ccccc1. The van der Waals surface area contributed by atoms with Gasteiger partial charge in [0.15, 0.2) is 0 Å². The molecule has 0 atom stereocenters. The zero-order chi connectivity index (χ0) is 21.5. The Morgan fingerprint density at radius 1 is 0.900 bits per heavy atom. The van der Waals surface area contributed by atoms with E-state index in [1.54, 1.807) is 54.6 Å². The molecule has 150 valence electrons. The number of carbonyl (C=O) groups excluding carboxylic acids is 2. The highest BCUT2D eigenvalue weighted by Gasteiger charge is 2.16. The fourth-order valence-electron chi connectivity index (χ4n) is 2.55. The molecule has 0 aliphatic heterocycles. The topological polar surface area (TPSA) is 101 Å². The molecule has 0 aliphatic carbocycles. The molecule has 0 saturated heterocycles. The lowest BCUT2D eigenvalue weighted by Gasteiger charge is -2.12. The van der Waals surface area contributed by atoms with Crippen molar-refractivity contribution in [1.29, 1.82) is 0 Å². The number of hydrogen-bond acceptors (Lipinski definition) is 4. The maximum Gasteiger partial charge on any atom is 0.272 e. The van der Waals surface area contributed by atoms with Crippen LogP contribution in [0, 0.1) is 10.1 Å². The number of halogens is 1. The Bertz CT molecular complexity index is 1110. The summed E-state index contributed by atoms with van der Waals surface area (Å²) < 4.78 is 0. The van der Waals surface area contributed by atoms with Gasteiger partial charge in [-0.1, -0.05) is 41.9 Å². The summed E-state index contributed by atoms with van der Waals surface area (Å²) in [6.07, 6.45) is 1.43. The highest BCUT2D eigenvalue weighted by Crippen LogP contribution is 2.21. The molecule has 0 spiro atoms. The quantitative estimate of drug-likeness (QED) is 0.343. The summed E-state index contributed by atoms with van der Waals surface area (Å²) in [5, 5.41) is 16.4. The molecule has 2 amide bonds. The molecule has 0 unspecified atom stereocenters. The van der Waals surface area contributed by atoms with E-state index in [-0.39, 0.29) is 11.4 Å². The van der Waals surface area contributed by atoms with Crippen molar-refractivity contribution < 1.29 is 14.5 Å². The maximum absolute atomic E-state index is 12.9. The Morgan fingerprint density at radius 3 is 2.17 bits per heavy atom. The molecular formula is C22H16ClN3O4. The summed E-state index contributed by atoms with van der Waals surface area (Å²) in [7, 11) is 0. The summed E-state index contributed by atoms with van der Waals surface area (Å²) >= 11 is 6.10. The lowest BCUT2D eigenvalue weighted by atomic mass is 10.1. The number of para-hydroxylation sites is 1. The first kappa shape index (κ1) is 20.8. The average molecular weight is 422 g/mol. The minimum atomic E-state index is -0.592. The van der Waals surface area contributed by atoms with E-state index in [9.17, 15) is 19.7 Å². The van der Waals surface area contributed by atoms with Crippen LogP contribution in [0.3, 0.4) is 0 Å². The number of nitro groups is 1. The highest BCUT2D eigenvalue weighted by molar-refractivity contribution is 6.34. The number of amides is 2. The normalized spacial score (nSPS) is 10.9. The van der Waals surface area contributed by atoms with Crippen LogP contribution in [0.15, 0.2) is 84.6 Å². The predicted octanol–water partition coefficient (Wildman–Crippen LogP) is 4.66. The molecule has 0 radical (unpaired) electrons. The number of rotatable bonds is 6. The monoisotopic (exact) mass is 421 g/mol. The summed E-state index contributed by atoms with van der Waals surface area (Å²) in [5.41, 5.74) is 1.13. The summed E-state index contributed by atoms with van der Waals surface area (Å²) in [6, 6.07) is 20.7. The van der Waals surface area contributed by atoms with Gasteiger partial charge in [-0.3, -0.25) is 19.7 Å². The Balaban J connectivity index is 1.91. The summed E-state index contributed by atoms with van der Waals surface area (Å²) in [5.74, 6) is -1.07. The second-order valence-electron chi connectivity index (χ2n) is 6.16. The number of nitrogens with zero attached hydrogens (tertiary/aromatic N) is 1. The van der Waals surface area contributed by atoms with Crippen molar-refractivity contribution in [2.24, 2.45) is 0 Å². The predicted molar refractivity (Wildman–Crippen MR) is 115 cm³/mol. The molecule has 2 N–H and O–H groups in total. The largest absolute Gasteiger partial charge is 0.319 e. The van der Waals surface area contributed by atoms with E-state index in [1.165, 1.54) is 30.3 Å². The second-order valence-corrected chi connectivity index (χ2v) is 6.57. The molecule has 0 aromatic heterocycles. The lowest BCUT2D eigenvalue weighted by Crippen LogP contribution is -2.30. The van der Waals surface area contributed by atoms with Crippen molar-refractivity contribution in [2.45, 2.75) is 0 Å². The van der Waals surface area contributed by atoms with Crippen LogP contribution in [0.25, 0.3) is 6.08 Å². The van der Waals surface area contributed by atoms with Crippen LogP contribution in [-0.4, -0.2) is 16.7 Å². The van der Waals surface area contributed by atoms with E-state index >= 15 is 0 Å². The first-order valence-electron chi connectivity index (χ1n) is 8.82. The van der Waals surface area contributed by atoms with Gasteiger partial charge in [0, 0.05) is 17.7 Å². The molecule has 0 aliphatic rings. The molecule has 0 saturated carbocycles. The Hall–Kier alpha value is -3.97. The van der Waals surface area contributed by atoms with Gasteiger partial charge in [-0.25, -0.2) is 0 Å². The minimum Gasteiger partial charge on any atom is -0.319 e. The molecule has 7 nitrogen and oxygen atoms in total. The summed E-state index contributed by atoms with van der Waals surface area (Å²) in [4.78, 5) is 35.7. The van der Waals surface area contributed by atoms with Crippen LogP contribution >= 0.6 is 11.6 Å². The number of anilines is 1. The van der Waals surface area contributed by atoms with Crippen LogP contribution in [0.4, 0.5) is 11.4 Å². The number of non-ortho nitro benzene ring substituents is 1. The van der Waals surface area contributed by atoms with Crippen LogP contribution in [0.1, 0.15) is 15.9 Å². The number of benzene rings is 3. The fraction of sp³-hybridized carbons (Fsp3) is 0. The van der Waals surface area contributed by atoms with Crippen LogP contribution in [-0.2, 0) is 4.79 Å². The molecule has 30 heavy (non-hydrogen) atoms. The van der Waals surface area contributed by atoms with Gasteiger partial charge in [-0.15, -0.1) is 0 Å². The number of carbonyl (C=O) groups is 2. The number of nitro benzene ring substituents is 1. The molecule has 3 rings (SSSR count). The van der Waals surface area contributed by atoms with Gasteiger partial charge in [-0.2, -0.15) is 0 Å². The zero-order valence-electron chi connectivity index (χ0n) is 15.5. The van der Waals surface area contributed by atoms with Crippen molar-refractivity contribution >= 4 is 40.9 Å². The minimum absolute atomic E-state index is 0.0439. The molecule has 3 aromatic rings. The smallest absolute Gasteiger partial charge is 0.272 e. The molecule has 0 bridgehead atoms. The van der Waals surface area contributed by atoms with E-state index in [0.29, 0.717) is 21.8 Å². The molecule has 8 heteroatoms. The van der Waals surface area contributed by atoms with Crippen molar-refractivity contribution in [1.82, 2.24) is 5.32 Å².